The van der Waals surface area contributed by atoms with E-state index in [4.69, 9.17) is 21.1 Å². The average molecular weight is 396 g/mol. The van der Waals surface area contributed by atoms with E-state index in [0.717, 1.165) is 5.56 Å². The third-order valence-electron chi connectivity index (χ3n) is 3.84. The monoisotopic (exact) mass is 395 g/mol. The number of halogens is 1. The summed E-state index contributed by atoms with van der Waals surface area (Å²) in [7, 11) is 0. The van der Waals surface area contributed by atoms with Gasteiger partial charge in [0, 0.05) is 5.56 Å². The summed E-state index contributed by atoms with van der Waals surface area (Å²) in [6, 6.07) is 22.8. The van der Waals surface area contributed by atoms with Gasteiger partial charge in [0.1, 0.15) is 12.4 Å². The fourth-order valence-corrected chi connectivity index (χ4v) is 2.56. The van der Waals surface area contributed by atoms with E-state index in [1.165, 1.54) is 0 Å². The fourth-order valence-electron chi connectivity index (χ4n) is 2.38. The SMILES string of the molecule is O=C(COc1ccc(C(=O)Nc2ccccc2Cl)cc1)OCc1ccccc1. The topological polar surface area (TPSA) is 64.6 Å². The van der Waals surface area contributed by atoms with Crippen molar-refractivity contribution in [3.05, 3.63) is 95.0 Å². The highest BCUT2D eigenvalue weighted by atomic mass is 35.5. The van der Waals surface area contributed by atoms with Gasteiger partial charge in [-0.25, -0.2) is 4.79 Å². The number of rotatable bonds is 7. The molecule has 0 spiro atoms. The summed E-state index contributed by atoms with van der Waals surface area (Å²) in [4.78, 5) is 24.1. The smallest absolute Gasteiger partial charge is 0.344 e. The van der Waals surface area contributed by atoms with E-state index in [2.05, 4.69) is 5.32 Å². The van der Waals surface area contributed by atoms with Crippen molar-refractivity contribution >= 4 is 29.2 Å². The number of amides is 1. The molecule has 0 saturated heterocycles. The van der Waals surface area contributed by atoms with Crippen molar-refractivity contribution in [1.29, 1.82) is 0 Å². The molecule has 3 rings (SSSR count). The largest absolute Gasteiger partial charge is 0.482 e. The lowest BCUT2D eigenvalue weighted by molar-refractivity contribution is -0.147. The molecule has 3 aromatic carbocycles. The zero-order chi connectivity index (χ0) is 19.8. The van der Waals surface area contributed by atoms with Crippen molar-refractivity contribution in [3.63, 3.8) is 0 Å². The molecule has 0 radical (unpaired) electrons. The van der Waals surface area contributed by atoms with E-state index < -0.39 is 5.97 Å². The molecule has 0 saturated carbocycles. The summed E-state index contributed by atoms with van der Waals surface area (Å²) in [5.74, 6) is -0.294. The van der Waals surface area contributed by atoms with E-state index in [0.29, 0.717) is 22.0 Å². The lowest BCUT2D eigenvalue weighted by atomic mass is 10.2. The third kappa shape index (κ3) is 5.59. The number of esters is 1. The number of benzene rings is 3. The van der Waals surface area contributed by atoms with Crippen molar-refractivity contribution in [2.45, 2.75) is 6.61 Å². The number of anilines is 1. The lowest BCUT2D eigenvalue weighted by Crippen LogP contribution is -2.15. The summed E-state index contributed by atoms with van der Waals surface area (Å²) in [5, 5.41) is 3.21. The minimum absolute atomic E-state index is 0.199. The molecule has 0 aliphatic rings. The van der Waals surface area contributed by atoms with Gasteiger partial charge in [0.05, 0.1) is 10.7 Å². The van der Waals surface area contributed by atoms with Crippen molar-refractivity contribution in [2.24, 2.45) is 0 Å². The molecule has 142 valence electrons. The van der Waals surface area contributed by atoms with Gasteiger partial charge in [-0.3, -0.25) is 4.79 Å². The zero-order valence-electron chi connectivity index (χ0n) is 14.9. The molecule has 6 heteroatoms. The Labute approximate surface area is 167 Å². The van der Waals surface area contributed by atoms with Crippen LogP contribution in [-0.4, -0.2) is 18.5 Å². The molecule has 0 heterocycles. The van der Waals surface area contributed by atoms with Gasteiger partial charge < -0.3 is 14.8 Å². The van der Waals surface area contributed by atoms with Crippen LogP contribution in [-0.2, 0) is 16.1 Å². The molecular weight excluding hydrogens is 378 g/mol. The van der Waals surface area contributed by atoms with Crippen molar-refractivity contribution in [1.82, 2.24) is 0 Å². The van der Waals surface area contributed by atoms with Crippen LogP contribution in [0.4, 0.5) is 5.69 Å². The fraction of sp³-hybridized carbons (Fsp3) is 0.0909. The van der Waals surface area contributed by atoms with Crippen LogP contribution in [0.3, 0.4) is 0 Å². The highest BCUT2D eigenvalue weighted by Crippen LogP contribution is 2.21. The van der Waals surface area contributed by atoms with E-state index in [1.807, 2.05) is 30.3 Å². The highest BCUT2D eigenvalue weighted by Gasteiger charge is 2.09. The van der Waals surface area contributed by atoms with E-state index in [-0.39, 0.29) is 19.1 Å². The minimum Gasteiger partial charge on any atom is -0.482 e. The first-order chi connectivity index (χ1) is 13.6. The van der Waals surface area contributed by atoms with Crippen LogP contribution in [0.1, 0.15) is 15.9 Å². The highest BCUT2D eigenvalue weighted by molar-refractivity contribution is 6.33. The van der Waals surface area contributed by atoms with Crippen molar-refractivity contribution in [3.8, 4) is 5.75 Å². The quantitative estimate of drug-likeness (QED) is 0.588. The molecule has 0 aromatic heterocycles. The van der Waals surface area contributed by atoms with Gasteiger partial charge in [0.2, 0.25) is 0 Å². The lowest BCUT2D eigenvalue weighted by Gasteiger charge is -2.09. The minimum atomic E-state index is -0.468. The molecule has 28 heavy (non-hydrogen) atoms. The Hall–Kier alpha value is -3.31. The van der Waals surface area contributed by atoms with Gasteiger partial charge in [-0.05, 0) is 42.0 Å². The standard InChI is InChI=1S/C22H18ClNO4/c23-19-8-4-5-9-20(19)24-22(26)17-10-12-18(13-11-17)27-15-21(25)28-14-16-6-2-1-3-7-16/h1-13H,14-15H2,(H,24,26). The van der Waals surface area contributed by atoms with Gasteiger partial charge in [0.25, 0.3) is 5.91 Å². The van der Waals surface area contributed by atoms with E-state index in [9.17, 15) is 9.59 Å². The summed E-state index contributed by atoms with van der Waals surface area (Å²) < 4.78 is 10.5. The van der Waals surface area contributed by atoms with Gasteiger partial charge in [-0.15, -0.1) is 0 Å². The maximum absolute atomic E-state index is 12.3. The number of para-hydroxylation sites is 1. The van der Waals surface area contributed by atoms with Crippen LogP contribution < -0.4 is 10.1 Å². The van der Waals surface area contributed by atoms with Gasteiger partial charge >= 0.3 is 5.97 Å². The Morgan fingerprint density at radius 3 is 2.25 bits per heavy atom. The number of carbonyl (C=O) groups excluding carboxylic acids is 2. The molecule has 0 bridgehead atoms. The summed E-state index contributed by atoms with van der Waals surface area (Å²) in [6.07, 6.45) is 0. The van der Waals surface area contributed by atoms with E-state index >= 15 is 0 Å². The maximum atomic E-state index is 12.3. The number of hydrogen-bond acceptors (Lipinski definition) is 4. The number of carbonyl (C=O) groups is 2. The molecule has 5 nitrogen and oxygen atoms in total. The Morgan fingerprint density at radius 2 is 1.54 bits per heavy atom. The Morgan fingerprint density at radius 1 is 0.857 bits per heavy atom. The van der Waals surface area contributed by atoms with Crippen LogP contribution in [0.5, 0.6) is 5.75 Å². The average Bonchev–Trinajstić information content (AvgIpc) is 2.73. The number of nitrogens with one attached hydrogen (secondary N) is 1. The summed E-state index contributed by atoms with van der Waals surface area (Å²) in [5.41, 5.74) is 1.89. The third-order valence-corrected chi connectivity index (χ3v) is 4.17. The number of hydrogen-bond donors (Lipinski definition) is 1. The molecule has 1 amide bonds. The number of ether oxygens (including phenoxy) is 2. The maximum Gasteiger partial charge on any atom is 0.344 e. The van der Waals surface area contributed by atoms with Gasteiger partial charge in [0.15, 0.2) is 6.61 Å². The molecule has 0 aliphatic carbocycles. The van der Waals surface area contributed by atoms with Crippen LogP contribution in [0, 0.1) is 0 Å². The van der Waals surface area contributed by atoms with Crippen LogP contribution in [0.2, 0.25) is 5.02 Å². The summed E-state index contributed by atoms with van der Waals surface area (Å²) in [6.45, 7) is -0.0117. The van der Waals surface area contributed by atoms with Gasteiger partial charge in [-0.2, -0.15) is 0 Å². The van der Waals surface area contributed by atoms with Crippen molar-refractivity contribution < 1.29 is 19.1 Å². The Balaban J connectivity index is 1.48. The predicted octanol–water partition coefficient (Wildman–Crippen LogP) is 4.71. The predicted molar refractivity (Wildman–Crippen MR) is 108 cm³/mol. The van der Waals surface area contributed by atoms with Crippen LogP contribution >= 0.6 is 11.6 Å². The molecule has 0 unspecified atom stereocenters. The second kappa shape index (κ2) is 9.58. The van der Waals surface area contributed by atoms with E-state index in [1.54, 1.807) is 48.5 Å². The first kappa shape index (κ1) is 19.5. The zero-order valence-corrected chi connectivity index (χ0v) is 15.7. The molecule has 0 fully saturated rings. The van der Waals surface area contributed by atoms with Gasteiger partial charge in [-0.1, -0.05) is 54.1 Å². The molecular formula is C22H18ClNO4. The van der Waals surface area contributed by atoms with Crippen molar-refractivity contribution in [2.75, 3.05) is 11.9 Å². The molecule has 0 aliphatic heterocycles. The first-order valence-electron chi connectivity index (χ1n) is 8.60. The van der Waals surface area contributed by atoms with Crippen LogP contribution in [0.15, 0.2) is 78.9 Å². The van der Waals surface area contributed by atoms with Crippen LogP contribution in [0.25, 0.3) is 0 Å². The first-order valence-corrected chi connectivity index (χ1v) is 8.98. The second-order valence-electron chi connectivity index (χ2n) is 5.89. The normalized spacial score (nSPS) is 10.2. The molecule has 1 N–H and O–H groups in total. The molecule has 0 atom stereocenters. The Bertz CT molecular complexity index is 942. The molecule has 3 aromatic rings. The Kier molecular flexibility index (Phi) is 6.65. The second-order valence-corrected chi connectivity index (χ2v) is 6.30. The summed E-state index contributed by atoms with van der Waals surface area (Å²) >= 11 is 6.04.